The van der Waals surface area contributed by atoms with Gasteiger partial charge in [0.05, 0.1) is 23.5 Å². The molecule has 2 aromatic heterocycles. The molecule has 1 fully saturated rings. The van der Waals surface area contributed by atoms with E-state index in [2.05, 4.69) is 34.8 Å². The number of hydrogen-bond acceptors (Lipinski definition) is 2. The van der Waals surface area contributed by atoms with Crippen molar-refractivity contribution < 1.29 is 4.39 Å². The van der Waals surface area contributed by atoms with Gasteiger partial charge in [0.25, 0.3) is 0 Å². The molecule has 0 aliphatic carbocycles. The summed E-state index contributed by atoms with van der Waals surface area (Å²) in [5, 5.41) is 4.53. The summed E-state index contributed by atoms with van der Waals surface area (Å²) in [6.07, 6.45) is 1.76. The van der Waals surface area contributed by atoms with Crippen LogP contribution in [0.2, 0.25) is 5.02 Å². The Bertz CT molecular complexity index is 1340. The van der Waals surface area contributed by atoms with Crippen molar-refractivity contribution in [2.75, 3.05) is 4.90 Å². The first-order chi connectivity index (χ1) is 16.0. The van der Waals surface area contributed by atoms with Gasteiger partial charge in [-0.3, -0.25) is 4.98 Å². The predicted molar refractivity (Wildman–Crippen MR) is 135 cm³/mol. The first-order valence-corrected chi connectivity index (χ1v) is 11.4. The molecule has 0 saturated carbocycles. The van der Waals surface area contributed by atoms with Crippen molar-refractivity contribution >= 4 is 34.6 Å². The second-order valence-corrected chi connectivity index (χ2v) is 8.91. The predicted octanol–water partition coefficient (Wildman–Crippen LogP) is 6.46. The van der Waals surface area contributed by atoms with E-state index in [-0.39, 0.29) is 17.9 Å². The summed E-state index contributed by atoms with van der Waals surface area (Å²) in [6.45, 7) is 4.13. The average molecular weight is 477 g/mol. The number of para-hydroxylation sites is 1. The maximum atomic E-state index is 15.0. The molecule has 1 aliphatic heterocycles. The first-order valence-electron chi connectivity index (χ1n) is 10.7. The summed E-state index contributed by atoms with van der Waals surface area (Å²) in [6, 6.07) is 21.9. The van der Waals surface area contributed by atoms with Crippen molar-refractivity contribution in [1.29, 1.82) is 0 Å². The maximum Gasteiger partial charge on any atom is 0.174 e. The van der Waals surface area contributed by atoms with Gasteiger partial charge in [0.2, 0.25) is 0 Å². The smallest absolute Gasteiger partial charge is 0.174 e. The van der Waals surface area contributed by atoms with Gasteiger partial charge in [0, 0.05) is 28.3 Å². The van der Waals surface area contributed by atoms with Crippen LogP contribution in [0.3, 0.4) is 0 Å². The largest absolute Gasteiger partial charge is 0.351 e. The Morgan fingerprint density at radius 3 is 2.52 bits per heavy atom. The second kappa shape index (κ2) is 8.61. The standard InChI is InChI=1S/C26H22ClFN4S/c1-16-14-20(17(2)31(16)19-9-7-8-18(27)15-19)25-24(22-11-5-6-13-29-22)30-26(33)32(25)23-12-4-3-10-21(23)28/h3-15,24-25H,1-2H3,(H,30,33). The van der Waals surface area contributed by atoms with Crippen LogP contribution in [0, 0.1) is 19.7 Å². The second-order valence-electron chi connectivity index (χ2n) is 8.09. The van der Waals surface area contributed by atoms with Gasteiger partial charge in [-0.05, 0) is 80.2 Å². The lowest BCUT2D eigenvalue weighted by Crippen LogP contribution is -2.30. The highest BCUT2D eigenvalue weighted by Crippen LogP contribution is 2.44. The minimum atomic E-state index is -0.322. The van der Waals surface area contributed by atoms with E-state index in [1.165, 1.54) is 6.07 Å². The molecule has 2 atom stereocenters. The molecule has 5 rings (SSSR count). The van der Waals surface area contributed by atoms with Gasteiger partial charge >= 0.3 is 0 Å². The molecule has 2 aromatic carbocycles. The Labute approximate surface area is 202 Å². The Hall–Kier alpha value is -3.22. The number of aryl methyl sites for hydroxylation is 1. The quantitative estimate of drug-likeness (QED) is 0.343. The molecule has 0 radical (unpaired) electrons. The fraction of sp³-hybridized carbons (Fsp3) is 0.154. The third-order valence-corrected chi connectivity index (χ3v) is 6.62. The number of anilines is 1. The van der Waals surface area contributed by atoms with Gasteiger partial charge in [-0.1, -0.05) is 35.9 Å². The lowest BCUT2D eigenvalue weighted by molar-refractivity contribution is 0.556. The van der Waals surface area contributed by atoms with Crippen LogP contribution in [0.4, 0.5) is 10.1 Å². The van der Waals surface area contributed by atoms with Crippen molar-refractivity contribution in [1.82, 2.24) is 14.9 Å². The molecule has 0 bridgehead atoms. The van der Waals surface area contributed by atoms with Crippen LogP contribution in [0.15, 0.2) is 79.0 Å². The molecule has 4 aromatic rings. The van der Waals surface area contributed by atoms with Gasteiger partial charge in [-0.25, -0.2) is 4.39 Å². The van der Waals surface area contributed by atoms with E-state index in [9.17, 15) is 4.39 Å². The molecule has 1 N–H and O–H groups in total. The molecule has 1 aliphatic rings. The van der Waals surface area contributed by atoms with Crippen molar-refractivity contribution in [2.24, 2.45) is 0 Å². The minimum Gasteiger partial charge on any atom is -0.351 e. The number of aromatic nitrogens is 2. The lowest BCUT2D eigenvalue weighted by atomic mass is 9.96. The van der Waals surface area contributed by atoms with Gasteiger partial charge in [-0.15, -0.1) is 0 Å². The van der Waals surface area contributed by atoms with E-state index in [1.54, 1.807) is 18.3 Å². The molecular formula is C26H22ClFN4S. The molecule has 1 saturated heterocycles. The van der Waals surface area contributed by atoms with Crippen LogP contribution in [-0.4, -0.2) is 14.7 Å². The fourth-order valence-corrected chi connectivity index (χ4v) is 5.20. The number of halogens is 2. The SMILES string of the molecule is Cc1cc(C2C(c3ccccn3)NC(=S)N2c2ccccc2F)c(C)n1-c1cccc(Cl)c1. The van der Waals surface area contributed by atoms with Crippen LogP contribution < -0.4 is 10.2 Å². The summed E-state index contributed by atoms with van der Waals surface area (Å²) in [4.78, 5) is 6.45. The highest BCUT2D eigenvalue weighted by molar-refractivity contribution is 7.80. The summed E-state index contributed by atoms with van der Waals surface area (Å²) in [7, 11) is 0. The van der Waals surface area contributed by atoms with Gasteiger partial charge < -0.3 is 14.8 Å². The summed E-state index contributed by atoms with van der Waals surface area (Å²) in [5.74, 6) is -0.322. The normalized spacial score (nSPS) is 17.9. The number of nitrogens with zero attached hydrogens (tertiary/aromatic N) is 3. The Balaban J connectivity index is 1.70. The number of pyridine rings is 1. The molecule has 3 heterocycles. The number of nitrogens with one attached hydrogen (secondary N) is 1. The van der Waals surface area contributed by atoms with E-state index in [4.69, 9.17) is 23.8 Å². The van der Waals surface area contributed by atoms with E-state index in [1.807, 2.05) is 53.4 Å². The van der Waals surface area contributed by atoms with Crippen molar-refractivity contribution in [3.05, 3.63) is 112 Å². The van der Waals surface area contributed by atoms with Crippen molar-refractivity contribution in [3.8, 4) is 5.69 Å². The maximum absolute atomic E-state index is 15.0. The lowest BCUT2D eigenvalue weighted by Gasteiger charge is -2.28. The van der Waals surface area contributed by atoms with Gasteiger partial charge in [0.15, 0.2) is 5.11 Å². The van der Waals surface area contributed by atoms with E-state index in [0.717, 1.165) is 28.3 Å². The van der Waals surface area contributed by atoms with Crippen LogP contribution in [0.25, 0.3) is 5.69 Å². The number of benzene rings is 2. The van der Waals surface area contributed by atoms with E-state index < -0.39 is 0 Å². The van der Waals surface area contributed by atoms with Crippen molar-refractivity contribution in [3.63, 3.8) is 0 Å². The number of thiocarbonyl (C=S) groups is 1. The van der Waals surface area contributed by atoms with Crippen LogP contribution in [-0.2, 0) is 0 Å². The van der Waals surface area contributed by atoms with Crippen LogP contribution >= 0.6 is 23.8 Å². The van der Waals surface area contributed by atoms with Crippen LogP contribution in [0.1, 0.15) is 34.7 Å². The highest BCUT2D eigenvalue weighted by atomic mass is 35.5. The minimum absolute atomic E-state index is 0.244. The number of rotatable bonds is 4. The molecule has 0 spiro atoms. The fourth-order valence-electron chi connectivity index (χ4n) is 4.68. The summed E-state index contributed by atoms with van der Waals surface area (Å²) < 4.78 is 17.1. The van der Waals surface area contributed by atoms with Crippen LogP contribution in [0.5, 0.6) is 0 Å². The highest BCUT2D eigenvalue weighted by Gasteiger charge is 2.43. The zero-order chi connectivity index (χ0) is 23.1. The summed E-state index contributed by atoms with van der Waals surface area (Å²) >= 11 is 12.0. The third-order valence-electron chi connectivity index (χ3n) is 6.07. The van der Waals surface area contributed by atoms with Gasteiger partial charge in [-0.2, -0.15) is 0 Å². The molecule has 4 nitrogen and oxygen atoms in total. The van der Waals surface area contributed by atoms with E-state index >= 15 is 0 Å². The molecular weight excluding hydrogens is 455 g/mol. The average Bonchev–Trinajstić information content (AvgIpc) is 3.30. The summed E-state index contributed by atoms with van der Waals surface area (Å²) in [5.41, 5.74) is 5.38. The Kier molecular flexibility index (Phi) is 5.64. The van der Waals surface area contributed by atoms with Crippen molar-refractivity contribution in [2.45, 2.75) is 25.9 Å². The molecule has 0 amide bonds. The third kappa shape index (κ3) is 3.79. The topological polar surface area (TPSA) is 33.1 Å². The zero-order valence-electron chi connectivity index (χ0n) is 18.2. The first kappa shape index (κ1) is 21.6. The van der Waals surface area contributed by atoms with E-state index in [0.29, 0.717) is 15.8 Å². The molecule has 7 heteroatoms. The Morgan fingerprint density at radius 2 is 1.79 bits per heavy atom. The molecule has 2 unspecified atom stereocenters. The monoisotopic (exact) mass is 476 g/mol. The Morgan fingerprint density at radius 1 is 1.00 bits per heavy atom. The molecule has 166 valence electrons. The van der Waals surface area contributed by atoms with Gasteiger partial charge in [0.1, 0.15) is 5.82 Å². The zero-order valence-corrected chi connectivity index (χ0v) is 19.7. The number of hydrogen-bond donors (Lipinski definition) is 1. The molecule has 33 heavy (non-hydrogen) atoms.